The first-order valence-electron chi connectivity index (χ1n) is 9.59. The Hall–Kier alpha value is -3.44. The van der Waals surface area contributed by atoms with Crippen LogP contribution in [0.1, 0.15) is 16.2 Å². The van der Waals surface area contributed by atoms with Gasteiger partial charge < -0.3 is 4.42 Å². The molecule has 1 N–H and O–H groups in total. The molecular formula is C24H14Cl2FN3O2S. The molecule has 0 aliphatic rings. The molecule has 4 aromatic rings. The van der Waals surface area contributed by atoms with E-state index in [0.29, 0.717) is 38.7 Å². The molecule has 0 aliphatic carbocycles. The third kappa shape index (κ3) is 5.68. The van der Waals surface area contributed by atoms with E-state index in [1.807, 2.05) is 6.07 Å². The minimum Gasteiger partial charge on any atom is -0.457 e. The molecule has 33 heavy (non-hydrogen) atoms. The van der Waals surface area contributed by atoms with Gasteiger partial charge in [-0.1, -0.05) is 35.3 Å². The zero-order valence-corrected chi connectivity index (χ0v) is 19.1. The molecule has 0 aliphatic heterocycles. The summed E-state index contributed by atoms with van der Waals surface area (Å²) in [4.78, 5) is 17.6. The number of thiazole rings is 1. The van der Waals surface area contributed by atoms with E-state index in [9.17, 15) is 14.4 Å². The Balaban J connectivity index is 1.45. The van der Waals surface area contributed by atoms with Crippen molar-refractivity contribution >= 4 is 51.7 Å². The van der Waals surface area contributed by atoms with Gasteiger partial charge in [-0.3, -0.25) is 10.1 Å². The highest BCUT2D eigenvalue weighted by atomic mass is 35.5. The van der Waals surface area contributed by atoms with Crippen LogP contribution < -0.4 is 5.32 Å². The van der Waals surface area contributed by atoms with Crippen LogP contribution in [-0.4, -0.2) is 10.9 Å². The van der Waals surface area contributed by atoms with E-state index < -0.39 is 5.91 Å². The second-order valence-electron chi connectivity index (χ2n) is 6.89. The van der Waals surface area contributed by atoms with Crippen LogP contribution in [0.25, 0.3) is 17.4 Å². The molecule has 0 unspecified atom stereocenters. The molecule has 164 valence electrons. The molecule has 4 rings (SSSR count). The van der Waals surface area contributed by atoms with E-state index in [2.05, 4.69) is 10.3 Å². The number of anilines is 1. The van der Waals surface area contributed by atoms with Crippen molar-refractivity contribution in [3.63, 3.8) is 0 Å². The first kappa shape index (κ1) is 22.7. The zero-order chi connectivity index (χ0) is 23.4. The molecule has 2 heterocycles. The lowest BCUT2D eigenvalue weighted by atomic mass is 10.1. The van der Waals surface area contributed by atoms with Crippen molar-refractivity contribution in [2.45, 2.75) is 6.42 Å². The first-order valence-corrected chi connectivity index (χ1v) is 11.2. The minimum atomic E-state index is -0.604. The van der Waals surface area contributed by atoms with E-state index in [1.54, 1.807) is 48.7 Å². The Morgan fingerprint density at radius 3 is 2.67 bits per heavy atom. The van der Waals surface area contributed by atoms with Gasteiger partial charge in [-0.25, -0.2) is 9.37 Å². The maximum Gasteiger partial charge on any atom is 0.268 e. The summed E-state index contributed by atoms with van der Waals surface area (Å²) < 4.78 is 18.8. The van der Waals surface area contributed by atoms with Gasteiger partial charge in [0.05, 0.1) is 10.0 Å². The number of hydrogen-bond acceptors (Lipinski definition) is 5. The van der Waals surface area contributed by atoms with Crippen molar-refractivity contribution in [2.75, 3.05) is 5.32 Å². The molecule has 2 aromatic heterocycles. The molecule has 9 heteroatoms. The summed E-state index contributed by atoms with van der Waals surface area (Å²) in [5.74, 6) is -0.0538. The van der Waals surface area contributed by atoms with Gasteiger partial charge in [0.2, 0.25) is 0 Å². The van der Waals surface area contributed by atoms with Gasteiger partial charge in [0.1, 0.15) is 29.0 Å². The number of nitrogens with zero attached hydrogens (tertiary/aromatic N) is 2. The topological polar surface area (TPSA) is 78.9 Å². The van der Waals surface area contributed by atoms with Crippen molar-refractivity contribution in [1.29, 1.82) is 5.26 Å². The summed E-state index contributed by atoms with van der Waals surface area (Å²) in [6, 6.07) is 16.5. The average molecular weight is 498 g/mol. The van der Waals surface area contributed by atoms with Crippen LogP contribution in [0.2, 0.25) is 10.0 Å². The second-order valence-corrected chi connectivity index (χ2v) is 8.82. The second kappa shape index (κ2) is 10.0. The maximum absolute atomic E-state index is 13.1. The van der Waals surface area contributed by atoms with Gasteiger partial charge >= 0.3 is 0 Å². The highest BCUT2D eigenvalue weighted by Gasteiger charge is 2.14. The molecule has 0 bridgehead atoms. The standard InChI is InChI=1S/C24H14Cl2FN3O2S/c25-20-7-3-15(11-21(20)26)22-8-6-18(32-22)10-16(12-28)23(31)30-24-29-13-19(33-24)9-14-1-4-17(27)5-2-14/h1-8,10-11,13H,9H2,(H,29,30,31)/b16-10+. The molecule has 0 saturated heterocycles. The number of carbonyl (C=O) groups excluding carboxylic acids is 1. The predicted molar refractivity (Wildman–Crippen MR) is 128 cm³/mol. The van der Waals surface area contributed by atoms with Gasteiger partial charge in [-0.15, -0.1) is 11.3 Å². The predicted octanol–water partition coefficient (Wildman–Crippen LogP) is 6.99. The number of nitriles is 1. The number of halogens is 3. The quantitative estimate of drug-likeness (QED) is 0.230. The highest BCUT2D eigenvalue weighted by Crippen LogP contribution is 2.30. The number of rotatable bonds is 6. The molecule has 0 fully saturated rings. The van der Waals surface area contributed by atoms with Gasteiger partial charge in [-0.05, 0) is 48.0 Å². The van der Waals surface area contributed by atoms with Crippen molar-refractivity contribution in [3.05, 3.63) is 98.4 Å². The van der Waals surface area contributed by atoms with Crippen molar-refractivity contribution in [1.82, 2.24) is 4.98 Å². The zero-order valence-electron chi connectivity index (χ0n) is 16.8. The summed E-state index contributed by atoms with van der Waals surface area (Å²) >= 11 is 13.3. The van der Waals surface area contributed by atoms with E-state index in [0.717, 1.165) is 10.4 Å². The van der Waals surface area contributed by atoms with E-state index in [-0.39, 0.29) is 11.4 Å². The fourth-order valence-electron chi connectivity index (χ4n) is 2.94. The molecule has 1 amide bonds. The lowest BCUT2D eigenvalue weighted by Gasteiger charge is -2.00. The molecule has 0 atom stereocenters. The fourth-order valence-corrected chi connectivity index (χ4v) is 4.08. The van der Waals surface area contributed by atoms with Crippen molar-refractivity contribution < 1.29 is 13.6 Å². The third-order valence-electron chi connectivity index (χ3n) is 4.55. The Bertz CT molecular complexity index is 1390. The SMILES string of the molecule is N#C/C(=C\c1ccc(-c2ccc(Cl)c(Cl)c2)o1)C(=O)Nc1ncc(Cc2ccc(F)cc2)s1. The molecule has 0 radical (unpaired) electrons. The number of benzene rings is 2. The van der Waals surface area contributed by atoms with E-state index >= 15 is 0 Å². The monoisotopic (exact) mass is 497 g/mol. The number of furan rings is 1. The number of carbonyl (C=O) groups is 1. The molecular weight excluding hydrogens is 484 g/mol. The Morgan fingerprint density at radius 1 is 1.15 bits per heavy atom. The molecule has 5 nitrogen and oxygen atoms in total. The Kier molecular flexibility index (Phi) is 6.90. The largest absolute Gasteiger partial charge is 0.457 e. The summed E-state index contributed by atoms with van der Waals surface area (Å²) in [7, 11) is 0. The summed E-state index contributed by atoms with van der Waals surface area (Å²) in [5, 5.41) is 13.2. The third-order valence-corrected chi connectivity index (χ3v) is 6.20. The van der Waals surface area contributed by atoms with Crippen LogP contribution >= 0.6 is 34.5 Å². The number of hydrogen-bond donors (Lipinski definition) is 1. The summed E-state index contributed by atoms with van der Waals surface area (Å²) in [5.41, 5.74) is 1.50. The van der Waals surface area contributed by atoms with Crippen molar-refractivity contribution in [3.8, 4) is 17.4 Å². The van der Waals surface area contributed by atoms with Crippen LogP contribution in [0.5, 0.6) is 0 Å². The van der Waals surface area contributed by atoms with Gasteiger partial charge in [-0.2, -0.15) is 5.26 Å². The Labute approximate surface area is 202 Å². The van der Waals surface area contributed by atoms with E-state index in [4.69, 9.17) is 27.6 Å². The summed E-state index contributed by atoms with van der Waals surface area (Å²) in [6.07, 6.45) is 3.54. The van der Waals surface area contributed by atoms with Gasteiger partial charge in [0, 0.05) is 29.1 Å². The summed E-state index contributed by atoms with van der Waals surface area (Å²) in [6.45, 7) is 0. The lowest BCUT2D eigenvalue weighted by molar-refractivity contribution is -0.112. The van der Waals surface area contributed by atoms with E-state index in [1.165, 1.54) is 29.5 Å². The fraction of sp³-hybridized carbons (Fsp3) is 0.0417. The molecule has 0 saturated carbocycles. The Morgan fingerprint density at radius 2 is 1.94 bits per heavy atom. The van der Waals surface area contributed by atoms with Crippen LogP contribution in [-0.2, 0) is 11.2 Å². The first-order chi connectivity index (χ1) is 15.9. The lowest BCUT2D eigenvalue weighted by Crippen LogP contribution is -2.13. The molecule has 0 spiro atoms. The minimum absolute atomic E-state index is 0.139. The van der Waals surface area contributed by atoms with Crippen molar-refractivity contribution in [2.24, 2.45) is 0 Å². The highest BCUT2D eigenvalue weighted by molar-refractivity contribution is 7.15. The van der Waals surface area contributed by atoms with Crippen LogP contribution in [0.4, 0.5) is 9.52 Å². The average Bonchev–Trinajstić information content (AvgIpc) is 3.45. The normalized spacial score (nSPS) is 11.3. The maximum atomic E-state index is 13.1. The van der Waals surface area contributed by atoms with Crippen LogP contribution in [0.15, 0.2) is 70.8 Å². The molecule has 2 aromatic carbocycles. The number of amides is 1. The number of aromatic nitrogens is 1. The smallest absolute Gasteiger partial charge is 0.268 e. The van der Waals surface area contributed by atoms with Crippen LogP contribution in [0, 0.1) is 17.1 Å². The van der Waals surface area contributed by atoms with Gasteiger partial charge in [0.15, 0.2) is 5.13 Å². The number of nitrogens with one attached hydrogen (secondary N) is 1. The van der Waals surface area contributed by atoms with Gasteiger partial charge in [0.25, 0.3) is 5.91 Å². The van der Waals surface area contributed by atoms with Crippen LogP contribution in [0.3, 0.4) is 0 Å².